The quantitative estimate of drug-likeness (QED) is 0.726. The summed E-state index contributed by atoms with van der Waals surface area (Å²) in [4.78, 5) is 39.8. The van der Waals surface area contributed by atoms with Gasteiger partial charge in [0.2, 0.25) is 5.91 Å². The minimum Gasteiger partial charge on any atom is -0.464 e. The van der Waals surface area contributed by atoms with Gasteiger partial charge in [-0.3, -0.25) is 9.59 Å². The summed E-state index contributed by atoms with van der Waals surface area (Å²) in [5, 5.41) is 0. The molecule has 0 saturated carbocycles. The molecule has 2 fully saturated rings. The highest BCUT2D eigenvalue weighted by Crippen LogP contribution is 2.43. The van der Waals surface area contributed by atoms with Gasteiger partial charge in [-0.15, -0.1) is 0 Å². The van der Waals surface area contributed by atoms with Crippen molar-refractivity contribution in [2.24, 2.45) is 5.41 Å². The van der Waals surface area contributed by atoms with Gasteiger partial charge < -0.3 is 19.3 Å². The number of amides is 2. The molecule has 7 nitrogen and oxygen atoms in total. The largest absolute Gasteiger partial charge is 0.464 e. The number of ether oxygens (including phenoxy) is 2. The summed E-state index contributed by atoms with van der Waals surface area (Å²) in [5.41, 5.74) is -1.09. The lowest BCUT2D eigenvalue weighted by atomic mass is 9.77. The van der Waals surface area contributed by atoms with Crippen molar-refractivity contribution in [1.82, 2.24) is 9.80 Å². The van der Waals surface area contributed by atoms with E-state index in [9.17, 15) is 14.4 Å². The monoisotopic (exact) mass is 354 g/mol. The Morgan fingerprint density at radius 2 is 2.00 bits per heavy atom. The van der Waals surface area contributed by atoms with Crippen LogP contribution in [0.1, 0.15) is 53.9 Å². The Morgan fingerprint density at radius 3 is 2.60 bits per heavy atom. The summed E-state index contributed by atoms with van der Waals surface area (Å²) in [7, 11) is 0. The van der Waals surface area contributed by atoms with E-state index in [1.807, 2.05) is 27.7 Å². The zero-order valence-electron chi connectivity index (χ0n) is 16.0. The fourth-order valence-corrected chi connectivity index (χ4v) is 3.83. The van der Waals surface area contributed by atoms with Gasteiger partial charge in [0, 0.05) is 26.1 Å². The number of hydrogen-bond donors (Lipinski definition) is 0. The minimum absolute atomic E-state index is 0.0559. The Balaban J connectivity index is 2.03. The molecule has 142 valence electrons. The van der Waals surface area contributed by atoms with Crippen molar-refractivity contribution in [2.45, 2.75) is 65.5 Å². The van der Waals surface area contributed by atoms with Crippen molar-refractivity contribution in [3.63, 3.8) is 0 Å². The number of rotatable bonds is 3. The molecule has 0 aliphatic carbocycles. The molecule has 0 radical (unpaired) electrons. The summed E-state index contributed by atoms with van der Waals surface area (Å²) >= 11 is 0. The average Bonchev–Trinajstić information content (AvgIpc) is 2.69. The summed E-state index contributed by atoms with van der Waals surface area (Å²) in [6.07, 6.45) is 1.92. The van der Waals surface area contributed by atoms with Crippen LogP contribution >= 0.6 is 0 Å². The fourth-order valence-electron chi connectivity index (χ4n) is 3.83. The second-order valence-corrected chi connectivity index (χ2v) is 8.18. The van der Waals surface area contributed by atoms with Gasteiger partial charge in [-0.1, -0.05) is 0 Å². The van der Waals surface area contributed by atoms with E-state index in [0.717, 1.165) is 12.8 Å². The molecule has 2 saturated heterocycles. The molecule has 2 amide bonds. The Morgan fingerprint density at radius 1 is 1.32 bits per heavy atom. The molecular weight excluding hydrogens is 324 g/mol. The first-order valence-electron chi connectivity index (χ1n) is 8.96. The number of nitrogens with zero attached hydrogens (tertiary/aromatic N) is 2. The van der Waals surface area contributed by atoms with E-state index in [1.165, 1.54) is 6.92 Å². The van der Waals surface area contributed by atoms with Gasteiger partial charge in [-0.2, -0.15) is 0 Å². The lowest BCUT2D eigenvalue weighted by Crippen LogP contribution is -2.51. The third-order valence-corrected chi connectivity index (χ3v) is 4.80. The number of hydrogen-bond acceptors (Lipinski definition) is 5. The van der Waals surface area contributed by atoms with Crippen molar-refractivity contribution in [3.05, 3.63) is 0 Å². The molecule has 0 N–H and O–H groups in total. The fraction of sp³-hybridized carbons (Fsp3) is 0.833. The zero-order chi connectivity index (χ0) is 18.8. The Hall–Kier alpha value is -1.79. The smallest absolute Gasteiger partial charge is 0.410 e. The molecule has 2 rings (SSSR count). The molecular formula is C18H30N2O5. The van der Waals surface area contributed by atoms with E-state index in [1.54, 1.807) is 9.80 Å². The van der Waals surface area contributed by atoms with Crippen molar-refractivity contribution in [2.75, 3.05) is 26.2 Å². The van der Waals surface area contributed by atoms with E-state index in [-0.39, 0.29) is 30.6 Å². The highest BCUT2D eigenvalue weighted by Gasteiger charge is 2.52. The van der Waals surface area contributed by atoms with E-state index in [0.29, 0.717) is 26.1 Å². The van der Waals surface area contributed by atoms with Crippen LogP contribution in [0.15, 0.2) is 0 Å². The molecule has 25 heavy (non-hydrogen) atoms. The molecule has 0 aromatic heterocycles. The Labute approximate surface area is 149 Å². The van der Waals surface area contributed by atoms with Crippen LogP contribution in [0.4, 0.5) is 4.79 Å². The summed E-state index contributed by atoms with van der Waals surface area (Å²) < 4.78 is 10.4. The number of piperidine rings is 1. The molecule has 0 bridgehead atoms. The highest BCUT2D eigenvalue weighted by molar-refractivity contribution is 5.86. The van der Waals surface area contributed by atoms with Gasteiger partial charge >= 0.3 is 12.1 Å². The molecule has 0 aromatic carbocycles. The van der Waals surface area contributed by atoms with Gasteiger partial charge in [0.25, 0.3) is 0 Å². The van der Waals surface area contributed by atoms with Crippen molar-refractivity contribution >= 4 is 18.0 Å². The predicted molar refractivity (Wildman–Crippen MR) is 91.9 cm³/mol. The molecule has 2 atom stereocenters. The van der Waals surface area contributed by atoms with Crippen molar-refractivity contribution in [1.29, 1.82) is 0 Å². The molecule has 2 aliphatic rings. The van der Waals surface area contributed by atoms with Crippen molar-refractivity contribution in [3.8, 4) is 0 Å². The number of esters is 1. The molecule has 2 heterocycles. The van der Waals surface area contributed by atoms with Crippen LogP contribution in [-0.4, -0.2) is 65.7 Å². The van der Waals surface area contributed by atoms with Crippen molar-refractivity contribution < 1.29 is 23.9 Å². The predicted octanol–water partition coefficient (Wildman–Crippen LogP) is 2.19. The standard InChI is InChI=1S/C18H30N2O5/c1-13-11-18(15(22)20(13)9-10-24-14(2)21)7-6-8-19(12-18)16(23)25-17(3,4)5/h13H,6-12H2,1-5H3. The molecule has 2 unspecified atom stereocenters. The second-order valence-electron chi connectivity index (χ2n) is 8.18. The Kier molecular flexibility index (Phi) is 5.64. The van der Waals surface area contributed by atoms with E-state index >= 15 is 0 Å². The summed E-state index contributed by atoms with van der Waals surface area (Å²) in [6, 6.07) is 0.0710. The number of carbonyl (C=O) groups is 3. The lowest BCUT2D eigenvalue weighted by molar-refractivity contribution is -0.145. The average molecular weight is 354 g/mol. The molecule has 1 spiro atoms. The molecule has 7 heteroatoms. The van der Waals surface area contributed by atoms with Crippen LogP contribution in [0.3, 0.4) is 0 Å². The zero-order valence-corrected chi connectivity index (χ0v) is 16.0. The third-order valence-electron chi connectivity index (χ3n) is 4.80. The molecule has 0 aromatic rings. The van der Waals surface area contributed by atoms with Gasteiger partial charge in [0.05, 0.1) is 12.0 Å². The van der Waals surface area contributed by atoms with Crippen LogP contribution in [-0.2, 0) is 19.1 Å². The normalized spacial score (nSPS) is 26.9. The Bertz CT molecular complexity index is 542. The van der Waals surface area contributed by atoms with Crippen LogP contribution in [0.2, 0.25) is 0 Å². The first kappa shape index (κ1) is 19.5. The van der Waals surface area contributed by atoms with Crippen LogP contribution in [0.5, 0.6) is 0 Å². The maximum Gasteiger partial charge on any atom is 0.410 e. The van der Waals surface area contributed by atoms with E-state index in [2.05, 4.69) is 0 Å². The highest BCUT2D eigenvalue weighted by atomic mass is 16.6. The third kappa shape index (κ3) is 4.64. The topological polar surface area (TPSA) is 76.2 Å². The number of carbonyl (C=O) groups excluding carboxylic acids is 3. The van der Waals surface area contributed by atoms with Crippen LogP contribution in [0, 0.1) is 5.41 Å². The maximum absolute atomic E-state index is 13.0. The van der Waals surface area contributed by atoms with Crippen LogP contribution < -0.4 is 0 Å². The summed E-state index contributed by atoms with van der Waals surface area (Å²) in [6.45, 7) is 10.5. The minimum atomic E-state index is -0.551. The first-order valence-corrected chi connectivity index (χ1v) is 8.96. The lowest BCUT2D eigenvalue weighted by Gasteiger charge is -2.39. The van der Waals surface area contributed by atoms with Crippen LogP contribution in [0.25, 0.3) is 0 Å². The second kappa shape index (κ2) is 7.22. The first-order chi connectivity index (χ1) is 11.5. The van der Waals surface area contributed by atoms with Gasteiger partial charge in [-0.05, 0) is 47.0 Å². The SMILES string of the molecule is CC(=O)OCCN1C(=O)C2(CCCN(C(=O)OC(C)(C)C)C2)CC1C. The van der Waals surface area contributed by atoms with E-state index < -0.39 is 11.0 Å². The summed E-state index contributed by atoms with van der Waals surface area (Å²) in [5.74, 6) is -0.289. The molecule has 2 aliphatic heterocycles. The van der Waals surface area contributed by atoms with Gasteiger partial charge in [-0.25, -0.2) is 4.79 Å². The maximum atomic E-state index is 13.0. The van der Waals surface area contributed by atoms with Gasteiger partial charge in [0.15, 0.2) is 0 Å². The number of likely N-dealkylation sites (tertiary alicyclic amines) is 2. The van der Waals surface area contributed by atoms with E-state index in [4.69, 9.17) is 9.47 Å². The van der Waals surface area contributed by atoms with Gasteiger partial charge in [0.1, 0.15) is 12.2 Å².